The van der Waals surface area contributed by atoms with Gasteiger partial charge in [0.05, 0.1) is 35.5 Å². The maximum atomic E-state index is 14.4. The minimum Gasteiger partial charge on any atom is -0.490 e. The van der Waals surface area contributed by atoms with Gasteiger partial charge in [0.2, 0.25) is 0 Å². The number of anilines is 1. The molecule has 0 aliphatic heterocycles. The average Bonchev–Trinajstić information content (AvgIpc) is 3.16. The summed E-state index contributed by atoms with van der Waals surface area (Å²) in [4.78, 5) is 14.9. The molecule has 2 aromatic heterocycles. The highest BCUT2D eigenvalue weighted by atomic mass is 35.5. The Balaban J connectivity index is 2.02. The summed E-state index contributed by atoms with van der Waals surface area (Å²) in [5.41, 5.74) is 7.41. The normalized spacial score (nSPS) is 11.4. The van der Waals surface area contributed by atoms with E-state index in [1.165, 1.54) is 6.07 Å². The predicted octanol–water partition coefficient (Wildman–Crippen LogP) is 4.18. The largest absolute Gasteiger partial charge is 0.490 e. The number of fused-ring (bicyclic) bond motifs is 2. The summed E-state index contributed by atoms with van der Waals surface area (Å²) >= 11 is 6.19. The van der Waals surface area contributed by atoms with Crippen molar-refractivity contribution < 1.29 is 13.5 Å². The number of benzene rings is 2. The van der Waals surface area contributed by atoms with E-state index in [0.717, 1.165) is 6.07 Å². The Kier molecular flexibility index (Phi) is 4.64. The van der Waals surface area contributed by atoms with Gasteiger partial charge in [-0.15, -0.1) is 0 Å². The molecule has 0 radical (unpaired) electrons. The zero-order valence-electron chi connectivity index (χ0n) is 14.5. The van der Waals surface area contributed by atoms with Gasteiger partial charge in [0.1, 0.15) is 5.69 Å². The molecule has 0 aliphatic carbocycles. The van der Waals surface area contributed by atoms with Crippen LogP contribution in [0.25, 0.3) is 32.9 Å². The Morgan fingerprint density at radius 3 is 2.86 bits per heavy atom. The van der Waals surface area contributed by atoms with Crippen molar-refractivity contribution in [1.82, 2.24) is 15.2 Å². The van der Waals surface area contributed by atoms with Crippen LogP contribution in [0.2, 0.25) is 5.02 Å². The number of alkyl halides is 1. The van der Waals surface area contributed by atoms with Crippen molar-refractivity contribution in [1.29, 1.82) is 0 Å². The second kappa shape index (κ2) is 7.12. The molecule has 0 saturated carbocycles. The highest BCUT2D eigenvalue weighted by Crippen LogP contribution is 2.39. The smallest absolute Gasteiger partial charge is 0.272 e. The molecule has 0 aliphatic rings. The van der Waals surface area contributed by atoms with E-state index >= 15 is 0 Å². The van der Waals surface area contributed by atoms with Crippen molar-refractivity contribution in [2.45, 2.75) is 6.42 Å². The fraction of sp³-hybridized carbons (Fsp3) is 0.158. The van der Waals surface area contributed by atoms with Crippen molar-refractivity contribution in [3.63, 3.8) is 0 Å². The van der Waals surface area contributed by atoms with Gasteiger partial charge in [-0.25, -0.2) is 4.39 Å². The first-order chi connectivity index (χ1) is 13.5. The highest BCUT2D eigenvalue weighted by Gasteiger charge is 2.19. The number of nitrogen functional groups attached to an aromatic ring is 1. The van der Waals surface area contributed by atoms with Crippen molar-refractivity contribution in [2.24, 2.45) is 0 Å². The molecule has 0 fully saturated rings. The van der Waals surface area contributed by atoms with E-state index in [9.17, 15) is 13.6 Å². The number of nitrogens with zero attached hydrogens (tertiary/aromatic N) is 1. The molecule has 4 N–H and O–H groups in total. The fourth-order valence-corrected chi connectivity index (χ4v) is 3.38. The van der Waals surface area contributed by atoms with Crippen LogP contribution in [0.15, 0.2) is 35.3 Å². The first kappa shape index (κ1) is 18.2. The number of nitrogens with one attached hydrogen (secondary N) is 2. The van der Waals surface area contributed by atoms with Crippen molar-refractivity contribution in [2.75, 3.05) is 19.0 Å². The first-order valence-corrected chi connectivity index (χ1v) is 8.84. The van der Waals surface area contributed by atoms with E-state index in [1.54, 1.807) is 18.3 Å². The maximum absolute atomic E-state index is 14.4. The van der Waals surface area contributed by atoms with Crippen molar-refractivity contribution in [3.8, 4) is 16.9 Å². The van der Waals surface area contributed by atoms with E-state index in [0.29, 0.717) is 32.4 Å². The van der Waals surface area contributed by atoms with Crippen LogP contribution in [-0.2, 0) is 0 Å². The highest BCUT2D eigenvalue weighted by molar-refractivity contribution is 6.35. The minimum absolute atomic E-state index is 0.0278. The SMILES string of the molecule is Nc1c(-c2ccc(Cl)c3[nH]ncc23)c2cc(OCCCF)c(F)cc2[nH]c1=O. The molecular weight excluding hydrogens is 390 g/mol. The molecule has 0 atom stereocenters. The van der Waals surface area contributed by atoms with Crippen molar-refractivity contribution >= 4 is 39.1 Å². The number of nitrogens with two attached hydrogens (primary N) is 1. The number of pyridine rings is 1. The number of halogens is 3. The molecule has 4 aromatic rings. The Morgan fingerprint density at radius 2 is 2.07 bits per heavy atom. The average molecular weight is 405 g/mol. The summed E-state index contributed by atoms with van der Waals surface area (Å²) in [7, 11) is 0. The maximum Gasteiger partial charge on any atom is 0.272 e. The van der Waals surface area contributed by atoms with Crippen LogP contribution >= 0.6 is 11.6 Å². The lowest BCUT2D eigenvalue weighted by Crippen LogP contribution is -2.14. The number of H-pyrrole nitrogens is 2. The molecule has 9 heteroatoms. The minimum atomic E-state index is -0.665. The molecule has 0 saturated heterocycles. The first-order valence-electron chi connectivity index (χ1n) is 8.47. The monoisotopic (exact) mass is 404 g/mol. The molecule has 144 valence electrons. The third-order valence-corrected chi connectivity index (χ3v) is 4.79. The van der Waals surface area contributed by atoms with Gasteiger partial charge >= 0.3 is 0 Å². The van der Waals surface area contributed by atoms with Gasteiger partial charge in [0.15, 0.2) is 11.6 Å². The van der Waals surface area contributed by atoms with Gasteiger partial charge in [-0.1, -0.05) is 17.7 Å². The lowest BCUT2D eigenvalue weighted by molar-refractivity contribution is 0.278. The molecule has 2 aromatic carbocycles. The van der Waals surface area contributed by atoms with Crippen LogP contribution in [-0.4, -0.2) is 28.5 Å². The van der Waals surface area contributed by atoms with Crippen LogP contribution in [0.5, 0.6) is 5.75 Å². The molecule has 6 nitrogen and oxygen atoms in total. The summed E-state index contributed by atoms with van der Waals surface area (Å²) in [6.07, 6.45) is 1.72. The lowest BCUT2D eigenvalue weighted by Gasteiger charge is -2.14. The third-order valence-electron chi connectivity index (χ3n) is 4.47. The number of rotatable bonds is 5. The van der Waals surface area contributed by atoms with Crippen molar-refractivity contribution in [3.05, 3.63) is 51.7 Å². The number of hydrogen-bond acceptors (Lipinski definition) is 4. The standard InChI is InChI=1S/C19H15ClF2N4O2/c20-12-3-2-9(11-8-24-26-18(11)12)16-10-6-15(28-5-1-4-21)13(22)7-14(10)25-19(27)17(16)23/h2-3,6-8H,1,4-5,23H2,(H,24,26)(H,25,27). The zero-order chi connectivity index (χ0) is 19.8. The summed E-state index contributed by atoms with van der Waals surface area (Å²) in [5, 5.41) is 8.42. The Bertz CT molecular complexity index is 1250. The van der Waals surface area contributed by atoms with Crippen LogP contribution in [0, 0.1) is 5.82 Å². The van der Waals surface area contributed by atoms with Gasteiger partial charge in [-0.2, -0.15) is 5.10 Å². The van der Waals surface area contributed by atoms with Gasteiger partial charge in [-0.3, -0.25) is 14.3 Å². The molecule has 0 spiro atoms. The van der Waals surface area contributed by atoms with E-state index in [2.05, 4.69) is 15.2 Å². The van der Waals surface area contributed by atoms with Crippen LogP contribution in [0.1, 0.15) is 6.42 Å². The van der Waals surface area contributed by atoms with E-state index in [-0.39, 0.29) is 30.0 Å². The molecule has 0 amide bonds. The van der Waals surface area contributed by atoms with Gasteiger partial charge in [0.25, 0.3) is 5.56 Å². The topological polar surface area (TPSA) is 96.8 Å². The Labute approximate surface area is 162 Å². The summed E-state index contributed by atoms with van der Waals surface area (Å²) in [6.45, 7) is -0.538. The fourth-order valence-electron chi connectivity index (χ4n) is 3.17. The molecular formula is C19H15ClF2N4O2. The summed E-state index contributed by atoms with van der Waals surface area (Å²) in [6, 6.07) is 5.99. The van der Waals surface area contributed by atoms with Crippen LogP contribution in [0.3, 0.4) is 0 Å². The lowest BCUT2D eigenvalue weighted by atomic mass is 9.96. The summed E-state index contributed by atoms with van der Waals surface area (Å²) < 4.78 is 32.0. The Morgan fingerprint density at radius 1 is 1.25 bits per heavy atom. The molecule has 4 rings (SSSR count). The number of ether oxygens (including phenoxy) is 1. The summed E-state index contributed by atoms with van der Waals surface area (Å²) in [5.74, 6) is -0.714. The van der Waals surface area contributed by atoms with Crippen LogP contribution in [0.4, 0.5) is 14.5 Å². The van der Waals surface area contributed by atoms with E-state index in [1.807, 2.05) is 0 Å². The third kappa shape index (κ3) is 2.95. The van der Waals surface area contributed by atoms with Gasteiger partial charge < -0.3 is 15.5 Å². The number of aromatic amines is 2. The second-order valence-corrected chi connectivity index (χ2v) is 6.62. The molecule has 0 unspecified atom stereocenters. The predicted molar refractivity (Wildman–Crippen MR) is 105 cm³/mol. The quantitative estimate of drug-likeness (QED) is 0.434. The van der Waals surface area contributed by atoms with E-state index < -0.39 is 18.1 Å². The second-order valence-electron chi connectivity index (χ2n) is 6.22. The molecule has 2 heterocycles. The molecule has 28 heavy (non-hydrogen) atoms. The zero-order valence-corrected chi connectivity index (χ0v) is 15.2. The van der Waals surface area contributed by atoms with Crippen LogP contribution < -0.4 is 16.0 Å². The number of aromatic nitrogens is 3. The Hall–Kier alpha value is -3.13. The number of hydrogen-bond donors (Lipinski definition) is 3. The van der Waals surface area contributed by atoms with Gasteiger partial charge in [0, 0.05) is 28.8 Å². The molecule has 0 bridgehead atoms. The van der Waals surface area contributed by atoms with Gasteiger partial charge in [-0.05, 0) is 17.7 Å². The van der Waals surface area contributed by atoms with E-state index in [4.69, 9.17) is 22.1 Å².